The third kappa shape index (κ3) is 3.52. The number of carbonyl (C=O) groups excluding carboxylic acids is 1. The summed E-state index contributed by atoms with van der Waals surface area (Å²) in [6.45, 7) is 2.08. The van der Waals surface area contributed by atoms with Crippen molar-refractivity contribution in [2.24, 2.45) is 0 Å². The van der Waals surface area contributed by atoms with Crippen molar-refractivity contribution in [3.05, 3.63) is 51.2 Å². The zero-order valence-electron chi connectivity index (χ0n) is 11.7. The van der Waals surface area contributed by atoms with Crippen LogP contribution in [0.4, 0.5) is 5.69 Å². The highest BCUT2D eigenvalue weighted by atomic mass is 35.5. The fraction of sp³-hybridized carbons (Fsp3) is 0.267. The van der Waals surface area contributed by atoms with Gasteiger partial charge in [0, 0.05) is 30.2 Å². The lowest BCUT2D eigenvalue weighted by Crippen LogP contribution is -2.21. The number of carbonyl (C=O) groups is 1. The summed E-state index contributed by atoms with van der Waals surface area (Å²) in [5, 5.41) is 3.39. The number of amides is 1. The molecule has 106 valence electrons. The van der Waals surface area contributed by atoms with Crippen molar-refractivity contribution in [2.45, 2.75) is 13.0 Å². The lowest BCUT2D eigenvalue weighted by Gasteiger charge is -2.15. The average Bonchev–Trinajstić information content (AvgIpc) is 2.85. The van der Waals surface area contributed by atoms with Crippen LogP contribution in [0, 0.1) is 0 Å². The summed E-state index contributed by atoms with van der Waals surface area (Å²) in [7, 11) is 3.49. The first-order valence-electron chi connectivity index (χ1n) is 6.31. The molecule has 2 rings (SSSR count). The summed E-state index contributed by atoms with van der Waals surface area (Å²) >= 11 is 7.51. The molecule has 0 bridgehead atoms. The Kier molecular flexibility index (Phi) is 4.68. The number of anilines is 1. The van der Waals surface area contributed by atoms with Crippen LogP contribution in [-0.4, -0.2) is 24.9 Å². The van der Waals surface area contributed by atoms with E-state index in [1.54, 1.807) is 30.3 Å². The normalized spacial score (nSPS) is 12.0. The van der Waals surface area contributed by atoms with Crippen LogP contribution in [-0.2, 0) is 0 Å². The summed E-state index contributed by atoms with van der Waals surface area (Å²) in [6.07, 6.45) is 0. The van der Waals surface area contributed by atoms with Crippen LogP contribution >= 0.6 is 22.9 Å². The molecular formula is C15H17ClN2OS. The molecule has 0 spiro atoms. The first-order chi connectivity index (χ1) is 9.47. The molecule has 1 atom stereocenters. The maximum Gasteiger partial charge on any atom is 0.253 e. The molecule has 1 unspecified atom stereocenters. The number of benzene rings is 1. The molecule has 0 saturated carbocycles. The monoisotopic (exact) mass is 308 g/mol. The van der Waals surface area contributed by atoms with E-state index in [4.69, 9.17) is 11.6 Å². The highest BCUT2D eigenvalue weighted by Gasteiger charge is 2.10. The highest BCUT2D eigenvalue weighted by Crippen LogP contribution is 2.29. The predicted molar refractivity (Wildman–Crippen MR) is 85.8 cm³/mol. The Hall–Kier alpha value is -1.52. The summed E-state index contributed by atoms with van der Waals surface area (Å²) in [5.74, 6) is 0.00892. The lowest BCUT2D eigenvalue weighted by molar-refractivity contribution is 0.0827. The van der Waals surface area contributed by atoms with Crippen LogP contribution in [0.3, 0.4) is 0 Å². The van der Waals surface area contributed by atoms with Gasteiger partial charge >= 0.3 is 0 Å². The first kappa shape index (κ1) is 14.9. The summed E-state index contributed by atoms with van der Waals surface area (Å²) in [6, 6.07) is 11.6. The second-order valence-corrected chi connectivity index (χ2v) is 6.53. The van der Waals surface area contributed by atoms with Gasteiger partial charge in [-0.1, -0.05) is 11.6 Å². The number of rotatable bonds is 4. The standard InChI is InChI=1S/C15H17ClN2OS/c1-10(13-8-9-14(16)20-13)17-12-6-4-11(5-7-12)15(19)18(2)3/h4-10,17H,1-3H3. The van der Waals surface area contributed by atoms with Crippen LogP contribution in [0.2, 0.25) is 4.34 Å². The quantitative estimate of drug-likeness (QED) is 0.914. The molecule has 1 aromatic heterocycles. The molecule has 3 nitrogen and oxygen atoms in total. The van der Waals surface area contributed by atoms with Crippen LogP contribution < -0.4 is 5.32 Å². The van der Waals surface area contributed by atoms with Crippen LogP contribution in [0.25, 0.3) is 0 Å². The maximum absolute atomic E-state index is 11.8. The van der Waals surface area contributed by atoms with Gasteiger partial charge in [0.1, 0.15) is 0 Å². The third-order valence-electron chi connectivity index (χ3n) is 2.94. The van der Waals surface area contributed by atoms with Crippen molar-refractivity contribution in [3.8, 4) is 0 Å². The molecule has 1 N–H and O–H groups in total. The van der Waals surface area contributed by atoms with Gasteiger partial charge in [-0.15, -0.1) is 11.3 Å². The molecule has 1 amide bonds. The number of thiophene rings is 1. The van der Waals surface area contributed by atoms with Crippen molar-refractivity contribution in [3.63, 3.8) is 0 Å². The zero-order valence-corrected chi connectivity index (χ0v) is 13.3. The van der Waals surface area contributed by atoms with E-state index in [0.717, 1.165) is 10.0 Å². The van der Waals surface area contributed by atoms with Gasteiger partial charge in [0.15, 0.2) is 0 Å². The molecule has 0 fully saturated rings. The van der Waals surface area contributed by atoms with Gasteiger partial charge in [-0.3, -0.25) is 4.79 Å². The van der Waals surface area contributed by atoms with Crippen LogP contribution in [0.5, 0.6) is 0 Å². The SMILES string of the molecule is CC(Nc1ccc(C(=O)N(C)C)cc1)c1ccc(Cl)s1. The minimum Gasteiger partial charge on any atom is -0.378 e. The lowest BCUT2D eigenvalue weighted by atomic mass is 10.1. The summed E-state index contributed by atoms with van der Waals surface area (Å²) in [5.41, 5.74) is 1.67. The Labute approximate surface area is 128 Å². The van der Waals surface area contributed by atoms with E-state index in [2.05, 4.69) is 12.2 Å². The van der Waals surface area contributed by atoms with E-state index in [0.29, 0.717) is 5.56 Å². The Morgan fingerprint density at radius 1 is 1.20 bits per heavy atom. The largest absolute Gasteiger partial charge is 0.378 e. The van der Waals surface area contributed by atoms with Gasteiger partial charge in [-0.05, 0) is 43.3 Å². The summed E-state index contributed by atoms with van der Waals surface area (Å²) < 4.78 is 0.792. The molecule has 0 aliphatic rings. The number of nitrogens with one attached hydrogen (secondary N) is 1. The van der Waals surface area contributed by atoms with E-state index in [1.165, 1.54) is 4.88 Å². The van der Waals surface area contributed by atoms with Crippen molar-refractivity contribution >= 4 is 34.5 Å². The van der Waals surface area contributed by atoms with E-state index in [1.807, 2.05) is 36.4 Å². The second-order valence-electron chi connectivity index (χ2n) is 4.78. The molecule has 0 radical (unpaired) electrons. The van der Waals surface area contributed by atoms with E-state index in [9.17, 15) is 4.79 Å². The molecule has 20 heavy (non-hydrogen) atoms. The highest BCUT2D eigenvalue weighted by molar-refractivity contribution is 7.16. The molecule has 0 saturated heterocycles. The van der Waals surface area contributed by atoms with Crippen molar-refractivity contribution in [2.75, 3.05) is 19.4 Å². The molecule has 2 aromatic rings. The van der Waals surface area contributed by atoms with Crippen molar-refractivity contribution in [1.82, 2.24) is 4.90 Å². The second kappa shape index (κ2) is 6.29. The number of halogens is 1. The van der Waals surface area contributed by atoms with Gasteiger partial charge in [0.05, 0.1) is 10.4 Å². The summed E-state index contributed by atoms with van der Waals surface area (Å²) in [4.78, 5) is 14.5. The Balaban J connectivity index is 2.05. The molecule has 0 aliphatic carbocycles. The molecule has 1 aromatic carbocycles. The minimum absolute atomic E-state index is 0.00892. The average molecular weight is 309 g/mol. The van der Waals surface area contributed by atoms with Gasteiger partial charge in [-0.2, -0.15) is 0 Å². The van der Waals surface area contributed by atoms with Crippen molar-refractivity contribution in [1.29, 1.82) is 0 Å². The van der Waals surface area contributed by atoms with Crippen LogP contribution in [0.1, 0.15) is 28.2 Å². The third-order valence-corrected chi connectivity index (χ3v) is 4.36. The zero-order chi connectivity index (χ0) is 14.7. The molecule has 0 aliphatic heterocycles. The fourth-order valence-electron chi connectivity index (χ4n) is 1.85. The van der Waals surface area contributed by atoms with Gasteiger partial charge < -0.3 is 10.2 Å². The van der Waals surface area contributed by atoms with Gasteiger partial charge in [0.25, 0.3) is 5.91 Å². The van der Waals surface area contributed by atoms with Gasteiger partial charge in [0.2, 0.25) is 0 Å². The Morgan fingerprint density at radius 2 is 1.85 bits per heavy atom. The Bertz CT molecular complexity index is 592. The number of nitrogens with zero attached hydrogens (tertiary/aromatic N) is 1. The van der Waals surface area contributed by atoms with E-state index >= 15 is 0 Å². The van der Waals surface area contributed by atoms with Gasteiger partial charge in [-0.25, -0.2) is 0 Å². The first-order valence-corrected chi connectivity index (χ1v) is 7.50. The minimum atomic E-state index is 0.00892. The topological polar surface area (TPSA) is 32.3 Å². The Morgan fingerprint density at radius 3 is 2.35 bits per heavy atom. The van der Waals surface area contributed by atoms with E-state index in [-0.39, 0.29) is 11.9 Å². The van der Waals surface area contributed by atoms with Crippen LogP contribution in [0.15, 0.2) is 36.4 Å². The number of hydrogen-bond donors (Lipinski definition) is 1. The van der Waals surface area contributed by atoms with Crippen molar-refractivity contribution < 1.29 is 4.79 Å². The maximum atomic E-state index is 11.8. The predicted octanol–water partition coefficient (Wildman–Crippen LogP) is 4.28. The number of hydrogen-bond acceptors (Lipinski definition) is 3. The van der Waals surface area contributed by atoms with E-state index < -0.39 is 0 Å². The molecular weight excluding hydrogens is 292 g/mol. The molecule has 1 heterocycles. The molecule has 5 heteroatoms. The smallest absolute Gasteiger partial charge is 0.253 e. The fourth-order valence-corrected chi connectivity index (χ4v) is 2.91.